The summed E-state index contributed by atoms with van der Waals surface area (Å²) >= 11 is 0. The van der Waals surface area contributed by atoms with Crippen LogP contribution in [0.3, 0.4) is 0 Å². The zero-order chi connectivity index (χ0) is 21.2. The molecule has 1 N–H and O–H groups in total. The molecule has 0 saturated carbocycles. The van der Waals surface area contributed by atoms with E-state index < -0.39 is 0 Å². The first-order valence-corrected chi connectivity index (χ1v) is 11.5. The van der Waals surface area contributed by atoms with Gasteiger partial charge in [-0.3, -0.25) is 4.90 Å². The lowest BCUT2D eigenvalue weighted by Gasteiger charge is -2.34. The van der Waals surface area contributed by atoms with Crippen molar-refractivity contribution in [3.8, 4) is 5.75 Å². The van der Waals surface area contributed by atoms with Gasteiger partial charge in [0.2, 0.25) is 0 Å². The van der Waals surface area contributed by atoms with Crippen LogP contribution in [0.25, 0.3) is 0 Å². The molecule has 1 aliphatic rings. The van der Waals surface area contributed by atoms with Crippen LogP contribution in [0.2, 0.25) is 0 Å². The zero-order valence-electron chi connectivity index (χ0n) is 18.7. The third kappa shape index (κ3) is 7.12. The molecule has 0 aliphatic carbocycles. The first-order valence-electron chi connectivity index (χ1n) is 11.5. The number of aliphatic hydroxyl groups excluding tert-OH is 1. The molecule has 0 bridgehead atoms. The average Bonchev–Trinajstić information content (AvgIpc) is 2.78. The van der Waals surface area contributed by atoms with E-state index in [2.05, 4.69) is 60.0 Å². The fourth-order valence-electron chi connectivity index (χ4n) is 4.35. The Morgan fingerprint density at radius 3 is 2.47 bits per heavy atom. The highest BCUT2D eigenvalue weighted by Gasteiger charge is 2.21. The van der Waals surface area contributed by atoms with E-state index in [-0.39, 0.29) is 6.61 Å². The first-order chi connectivity index (χ1) is 14.7. The SMILES string of the molecule is CCN(Cc1ccc(OCCO)cc1)CC1CCN(CCc2ccccc2C)CC1. The van der Waals surface area contributed by atoms with Gasteiger partial charge in [-0.25, -0.2) is 0 Å². The van der Waals surface area contributed by atoms with Crippen molar-refractivity contribution in [1.82, 2.24) is 9.80 Å². The maximum Gasteiger partial charge on any atom is 0.119 e. The predicted octanol–water partition coefficient (Wildman–Crippen LogP) is 4.14. The number of aliphatic hydroxyl groups is 1. The summed E-state index contributed by atoms with van der Waals surface area (Å²) < 4.78 is 5.46. The molecule has 164 valence electrons. The van der Waals surface area contributed by atoms with Crippen molar-refractivity contribution < 1.29 is 9.84 Å². The Morgan fingerprint density at radius 1 is 1.07 bits per heavy atom. The van der Waals surface area contributed by atoms with Crippen molar-refractivity contribution in [1.29, 1.82) is 0 Å². The van der Waals surface area contributed by atoms with Gasteiger partial charge in [0, 0.05) is 19.6 Å². The molecule has 3 rings (SSSR count). The lowest BCUT2D eigenvalue weighted by atomic mass is 9.95. The molecule has 1 saturated heterocycles. The number of nitrogens with zero attached hydrogens (tertiary/aromatic N) is 2. The van der Waals surface area contributed by atoms with Crippen molar-refractivity contribution in [2.45, 2.75) is 39.7 Å². The van der Waals surface area contributed by atoms with Gasteiger partial charge in [-0.2, -0.15) is 0 Å². The molecule has 4 nitrogen and oxygen atoms in total. The molecule has 4 heteroatoms. The molecule has 1 heterocycles. The summed E-state index contributed by atoms with van der Waals surface area (Å²) in [5.74, 6) is 1.63. The maximum atomic E-state index is 8.86. The standard InChI is InChI=1S/C26H38N2O2/c1-3-27(20-23-8-10-26(11-9-23)30-19-18-29)21-24-12-15-28(16-13-24)17-14-25-7-5-4-6-22(25)2/h4-11,24,29H,3,12-21H2,1-2H3. The highest BCUT2D eigenvalue weighted by molar-refractivity contribution is 5.27. The molecule has 2 aromatic rings. The highest BCUT2D eigenvalue weighted by Crippen LogP contribution is 2.21. The highest BCUT2D eigenvalue weighted by atomic mass is 16.5. The van der Waals surface area contributed by atoms with Gasteiger partial charge in [-0.05, 0) is 80.6 Å². The second-order valence-electron chi connectivity index (χ2n) is 8.51. The minimum Gasteiger partial charge on any atom is -0.491 e. The van der Waals surface area contributed by atoms with Crippen LogP contribution in [0.5, 0.6) is 5.75 Å². The number of benzene rings is 2. The molecule has 0 atom stereocenters. The van der Waals surface area contributed by atoms with Gasteiger partial charge in [0.25, 0.3) is 0 Å². The van der Waals surface area contributed by atoms with E-state index in [1.54, 1.807) is 0 Å². The van der Waals surface area contributed by atoms with E-state index in [0.29, 0.717) is 6.61 Å². The smallest absolute Gasteiger partial charge is 0.119 e. The Balaban J connectivity index is 1.40. The molecule has 2 aromatic carbocycles. The van der Waals surface area contributed by atoms with Crippen molar-refractivity contribution in [2.75, 3.05) is 45.9 Å². The minimum atomic E-state index is 0.0517. The Labute approximate surface area is 182 Å². The molecule has 0 aromatic heterocycles. The van der Waals surface area contributed by atoms with Crippen molar-refractivity contribution in [2.24, 2.45) is 5.92 Å². The van der Waals surface area contributed by atoms with Gasteiger partial charge < -0.3 is 14.7 Å². The second kappa shape index (κ2) is 12.1. The fourth-order valence-corrected chi connectivity index (χ4v) is 4.35. The van der Waals surface area contributed by atoms with Crippen LogP contribution in [0.15, 0.2) is 48.5 Å². The Hall–Kier alpha value is -1.88. The summed E-state index contributed by atoms with van der Waals surface area (Å²) in [6.07, 6.45) is 3.77. The second-order valence-corrected chi connectivity index (χ2v) is 8.51. The quantitative estimate of drug-likeness (QED) is 0.604. The molecule has 1 aliphatic heterocycles. The summed E-state index contributed by atoms with van der Waals surface area (Å²) in [5.41, 5.74) is 4.23. The minimum absolute atomic E-state index is 0.0517. The number of hydrogen-bond donors (Lipinski definition) is 1. The van der Waals surface area contributed by atoms with E-state index in [9.17, 15) is 0 Å². The predicted molar refractivity (Wildman–Crippen MR) is 124 cm³/mol. The van der Waals surface area contributed by atoms with Crippen LogP contribution >= 0.6 is 0 Å². The Bertz CT molecular complexity index is 739. The van der Waals surface area contributed by atoms with Crippen molar-refractivity contribution in [3.05, 3.63) is 65.2 Å². The molecular formula is C26H38N2O2. The third-order valence-corrected chi connectivity index (χ3v) is 6.32. The van der Waals surface area contributed by atoms with Gasteiger partial charge >= 0.3 is 0 Å². The van der Waals surface area contributed by atoms with E-state index in [1.165, 1.54) is 55.7 Å². The first kappa shape index (κ1) is 22.8. The zero-order valence-corrected chi connectivity index (χ0v) is 18.7. The van der Waals surface area contributed by atoms with Crippen LogP contribution in [0.4, 0.5) is 0 Å². The summed E-state index contributed by atoms with van der Waals surface area (Å²) in [6, 6.07) is 17.1. The average molecular weight is 411 g/mol. The topological polar surface area (TPSA) is 35.9 Å². The van der Waals surface area contributed by atoms with Gasteiger partial charge in [-0.15, -0.1) is 0 Å². The fraction of sp³-hybridized carbons (Fsp3) is 0.538. The largest absolute Gasteiger partial charge is 0.491 e. The lowest BCUT2D eigenvalue weighted by molar-refractivity contribution is 0.143. The molecule has 0 spiro atoms. The Kier molecular flexibility index (Phi) is 9.19. The number of hydrogen-bond acceptors (Lipinski definition) is 4. The number of rotatable bonds is 11. The van der Waals surface area contributed by atoms with Crippen LogP contribution in [-0.4, -0.2) is 60.8 Å². The van der Waals surface area contributed by atoms with E-state index in [1.807, 2.05) is 12.1 Å². The number of ether oxygens (including phenoxy) is 1. The lowest BCUT2D eigenvalue weighted by Crippen LogP contribution is -2.39. The monoisotopic (exact) mass is 410 g/mol. The number of piperidine rings is 1. The maximum absolute atomic E-state index is 8.86. The summed E-state index contributed by atoms with van der Waals surface area (Å²) in [4.78, 5) is 5.21. The van der Waals surface area contributed by atoms with Gasteiger partial charge in [0.1, 0.15) is 12.4 Å². The van der Waals surface area contributed by atoms with Gasteiger partial charge in [0.15, 0.2) is 0 Å². The normalized spacial score (nSPS) is 15.6. The summed E-state index contributed by atoms with van der Waals surface area (Å²) in [7, 11) is 0. The third-order valence-electron chi connectivity index (χ3n) is 6.32. The molecule has 0 radical (unpaired) electrons. The molecular weight excluding hydrogens is 372 g/mol. The van der Waals surface area contributed by atoms with Crippen LogP contribution in [0, 0.1) is 12.8 Å². The van der Waals surface area contributed by atoms with Crippen LogP contribution in [0.1, 0.15) is 36.5 Å². The van der Waals surface area contributed by atoms with E-state index >= 15 is 0 Å². The summed E-state index contributed by atoms with van der Waals surface area (Å²) in [5, 5.41) is 8.86. The molecule has 0 amide bonds. The number of likely N-dealkylation sites (tertiary alicyclic amines) is 1. The van der Waals surface area contributed by atoms with Crippen LogP contribution in [-0.2, 0) is 13.0 Å². The van der Waals surface area contributed by atoms with Crippen LogP contribution < -0.4 is 4.74 Å². The number of aryl methyl sites for hydroxylation is 1. The Morgan fingerprint density at radius 2 is 1.80 bits per heavy atom. The van der Waals surface area contributed by atoms with E-state index in [0.717, 1.165) is 31.2 Å². The van der Waals surface area contributed by atoms with Crippen molar-refractivity contribution in [3.63, 3.8) is 0 Å². The van der Waals surface area contributed by atoms with Gasteiger partial charge in [0.05, 0.1) is 6.61 Å². The van der Waals surface area contributed by atoms with E-state index in [4.69, 9.17) is 9.84 Å². The molecule has 0 unspecified atom stereocenters. The molecule has 30 heavy (non-hydrogen) atoms. The summed E-state index contributed by atoms with van der Waals surface area (Å²) in [6.45, 7) is 11.8. The van der Waals surface area contributed by atoms with Crippen molar-refractivity contribution >= 4 is 0 Å². The molecule has 1 fully saturated rings. The van der Waals surface area contributed by atoms with Gasteiger partial charge in [-0.1, -0.05) is 43.3 Å².